The lowest BCUT2D eigenvalue weighted by molar-refractivity contribution is 0.343. The van der Waals surface area contributed by atoms with Crippen LogP contribution in [-0.2, 0) is 0 Å². The van der Waals surface area contributed by atoms with Crippen LogP contribution in [0, 0.1) is 6.92 Å². The van der Waals surface area contributed by atoms with E-state index in [1.54, 1.807) is 16.4 Å². The van der Waals surface area contributed by atoms with Gasteiger partial charge in [0.1, 0.15) is 5.75 Å². The minimum absolute atomic E-state index is 0.613. The first kappa shape index (κ1) is 15.5. The Balaban J connectivity index is 1.56. The standard InChI is InChI=1S/C18H19N3OS/c1-14-6-5-9-16(12-14)22-10-11-23-18-20-17(13-21(18)19)15-7-3-2-4-8-15/h2-9,12-13H,10-11,19H2,1H3. The molecule has 0 aliphatic heterocycles. The molecule has 1 aromatic heterocycles. The minimum Gasteiger partial charge on any atom is -0.493 e. The van der Waals surface area contributed by atoms with Crippen molar-refractivity contribution in [1.29, 1.82) is 0 Å². The number of aryl methyl sites for hydroxylation is 1. The van der Waals surface area contributed by atoms with E-state index in [0.717, 1.165) is 27.9 Å². The van der Waals surface area contributed by atoms with Gasteiger partial charge in [-0.2, -0.15) is 0 Å². The Labute approximate surface area is 140 Å². The normalized spacial score (nSPS) is 10.7. The highest BCUT2D eigenvalue weighted by Gasteiger charge is 2.08. The van der Waals surface area contributed by atoms with Crippen molar-refractivity contribution in [1.82, 2.24) is 9.66 Å². The fourth-order valence-corrected chi connectivity index (χ4v) is 2.94. The Hall–Kier alpha value is -2.40. The summed E-state index contributed by atoms with van der Waals surface area (Å²) in [4.78, 5) is 4.58. The molecule has 118 valence electrons. The number of benzene rings is 2. The molecule has 2 aromatic carbocycles. The van der Waals surface area contributed by atoms with Gasteiger partial charge < -0.3 is 10.6 Å². The summed E-state index contributed by atoms with van der Waals surface area (Å²) in [5.74, 6) is 7.67. The van der Waals surface area contributed by atoms with Gasteiger partial charge in [0.2, 0.25) is 0 Å². The number of aromatic nitrogens is 2. The predicted octanol–water partition coefficient (Wildman–Crippen LogP) is 3.74. The molecule has 2 N–H and O–H groups in total. The zero-order valence-corrected chi connectivity index (χ0v) is 13.8. The molecule has 0 fully saturated rings. The number of nitrogen functional groups attached to an aromatic ring is 1. The van der Waals surface area contributed by atoms with Crippen molar-refractivity contribution in [3.63, 3.8) is 0 Å². The Morgan fingerprint density at radius 2 is 1.96 bits per heavy atom. The van der Waals surface area contributed by atoms with Gasteiger partial charge in [-0.1, -0.05) is 54.2 Å². The number of nitrogens with zero attached hydrogens (tertiary/aromatic N) is 2. The summed E-state index contributed by atoms with van der Waals surface area (Å²) >= 11 is 1.59. The molecule has 0 bridgehead atoms. The molecular formula is C18H19N3OS. The van der Waals surface area contributed by atoms with E-state index < -0.39 is 0 Å². The van der Waals surface area contributed by atoms with Crippen molar-refractivity contribution >= 4 is 11.8 Å². The lowest BCUT2D eigenvalue weighted by Crippen LogP contribution is -2.09. The van der Waals surface area contributed by atoms with E-state index in [4.69, 9.17) is 10.6 Å². The van der Waals surface area contributed by atoms with Crippen molar-refractivity contribution in [3.05, 3.63) is 66.4 Å². The van der Waals surface area contributed by atoms with E-state index in [0.29, 0.717) is 6.61 Å². The maximum atomic E-state index is 5.98. The highest BCUT2D eigenvalue weighted by atomic mass is 32.2. The maximum Gasteiger partial charge on any atom is 0.187 e. The van der Waals surface area contributed by atoms with Gasteiger partial charge >= 0.3 is 0 Å². The van der Waals surface area contributed by atoms with Gasteiger partial charge in [-0.15, -0.1) is 0 Å². The first-order valence-corrected chi connectivity index (χ1v) is 8.43. The Morgan fingerprint density at radius 1 is 1.13 bits per heavy atom. The second-order valence-electron chi connectivity index (χ2n) is 5.20. The Morgan fingerprint density at radius 3 is 2.74 bits per heavy atom. The average molecular weight is 325 g/mol. The topological polar surface area (TPSA) is 53.1 Å². The summed E-state index contributed by atoms with van der Waals surface area (Å²) in [5.41, 5.74) is 3.14. The van der Waals surface area contributed by atoms with Gasteiger partial charge in [-0.3, -0.25) is 0 Å². The first-order valence-electron chi connectivity index (χ1n) is 7.44. The molecule has 0 atom stereocenters. The smallest absolute Gasteiger partial charge is 0.187 e. The minimum atomic E-state index is 0.613. The number of nitrogens with two attached hydrogens (primary N) is 1. The summed E-state index contributed by atoms with van der Waals surface area (Å²) in [6.45, 7) is 2.67. The lowest BCUT2D eigenvalue weighted by Gasteiger charge is -2.06. The molecule has 1 heterocycles. The maximum absolute atomic E-state index is 5.98. The van der Waals surface area contributed by atoms with Gasteiger partial charge in [0, 0.05) is 11.3 Å². The van der Waals surface area contributed by atoms with Crippen LogP contribution >= 0.6 is 11.8 Å². The second kappa shape index (κ2) is 7.24. The number of ether oxygens (including phenoxy) is 1. The van der Waals surface area contributed by atoms with Crippen LogP contribution < -0.4 is 10.6 Å². The molecule has 4 nitrogen and oxygen atoms in total. The molecule has 0 aliphatic carbocycles. The van der Waals surface area contributed by atoms with Crippen molar-refractivity contribution < 1.29 is 4.74 Å². The molecule has 0 saturated carbocycles. The van der Waals surface area contributed by atoms with E-state index in [-0.39, 0.29) is 0 Å². The summed E-state index contributed by atoms with van der Waals surface area (Å²) in [7, 11) is 0. The van der Waals surface area contributed by atoms with Crippen LogP contribution in [0.15, 0.2) is 66.0 Å². The second-order valence-corrected chi connectivity index (χ2v) is 6.26. The third-order valence-electron chi connectivity index (χ3n) is 3.34. The quantitative estimate of drug-likeness (QED) is 0.426. The molecule has 23 heavy (non-hydrogen) atoms. The number of rotatable bonds is 6. The molecule has 0 saturated heterocycles. The molecule has 0 spiro atoms. The molecule has 5 heteroatoms. The van der Waals surface area contributed by atoms with Crippen molar-refractivity contribution in [2.24, 2.45) is 0 Å². The van der Waals surface area contributed by atoms with Crippen molar-refractivity contribution in [3.8, 4) is 17.0 Å². The molecule has 0 amide bonds. The van der Waals surface area contributed by atoms with Crippen LogP contribution in [0.3, 0.4) is 0 Å². The summed E-state index contributed by atoms with van der Waals surface area (Å²) < 4.78 is 7.31. The van der Waals surface area contributed by atoms with Crippen molar-refractivity contribution in [2.75, 3.05) is 18.2 Å². The zero-order valence-electron chi connectivity index (χ0n) is 13.0. The van der Waals surface area contributed by atoms with Crippen LogP contribution in [0.1, 0.15) is 5.56 Å². The lowest BCUT2D eigenvalue weighted by atomic mass is 10.2. The number of imidazole rings is 1. The van der Waals surface area contributed by atoms with Gasteiger partial charge in [0.15, 0.2) is 5.16 Å². The number of thioether (sulfide) groups is 1. The zero-order chi connectivity index (χ0) is 16.1. The Bertz CT molecular complexity index is 771. The van der Waals surface area contributed by atoms with Gasteiger partial charge in [-0.05, 0) is 24.6 Å². The summed E-state index contributed by atoms with van der Waals surface area (Å²) in [5, 5.41) is 0.789. The number of hydrogen-bond donors (Lipinski definition) is 1. The van der Waals surface area contributed by atoms with Gasteiger partial charge in [0.05, 0.1) is 18.5 Å². The molecule has 3 aromatic rings. The van der Waals surface area contributed by atoms with E-state index >= 15 is 0 Å². The van der Waals surface area contributed by atoms with E-state index in [2.05, 4.69) is 18.0 Å². The van der Waals surface area contributed by atoms with E-state index in [1.807, 2.05) is 54.7 Å². The van der Waals surface area contributed by atoms with Gasteiger partial charge in [-0.25, -0.2) is 9.66 Å². The summed E-state index contributed by atoms with van der Waals surface area (Å²) in [6, 6.07) is 18.1. The largest absolute Gasteiger partial charge is 0.493 e. The first-order chi connectivity index (χ1) is 11.2. The van der Waals surface area contributed by atoms with Crippen LogP contribution in [0.25, 0.3) is 11.3 Å². The molecule has 0 aliphatic rings. The van der Waals surface area contributed by atoms with Crippen LogP contribution in [-0.4, -0.2) is 22.0 Å². The number of hydrogen-bond acceptors (Lipinski definition) is 4. The molecule has 3 rings (SSSR count). The Kier molecular flexibility index (Phi) is 4.88. The molecule has 0 unspecified atom stereocenters. The average Bonchev–Trinajstić information content (AvgIpc) is 2.94. The highest BCUT2D eigenvalue weighted by Crippen LogP contribution is 2.22. The molecular weight excluding hydrogens is 306 g/mol. The predicted molar refractivity (Wildman–Crippen MR) is 95.2 cm³/mol. The van der Waals surface area contributed by atoms with E-state index in [9.17, 15) is 0 Å². The van der Waals surface area contributed by atoms with Gasteiger partial charge in [0.25, 0.3) is 0 Å². The summed E-state index contributed by atoms with van der Waals surface area (Å²) in [6.07, 6.45) is 1.85. The molecule has 0 radical (unpaired) electrons. The third-order valence-corrected chi connectivity index (χ3v) is 4.27. The van der Waals surface area contributed by atoms with Crippen molar-refractivity contribution in [2.45, 2.75) is 12.1 Å². The van der Waals surface area contributed by atoms with Crippen LogP contribution in [0.5, 0.6) is 5.75 Å². The monoisotopic (exact) mass is 325 g/mol. The van der Waals surface area contributed by atoms with Crippen LogP contribution in [0.4, 0.5) is 0 Å². The van der Waals surface area contributed by atoms with Crippen LogP contribution in [0.2, 0.25) is 0 Å². The fourth-order valence-electron chi connectivity index (χ4n) is 2.23. The SMILES string of the molecule is Cc1cccc(OCCSc2nc(-c3ccccc3)cn2N)c1. The highest BCUT2D eigenvalue weighted by molar-refractivity contribution is 7.99. The fraction of sp³-hybridized carbons (Fsp3) is 0.167. The third kappa shape index (κ3) is 4.07. The van der Waals surface area contributed by atoms with E-state index in [1.165, 1.54) is 5.56 Å².